The van der Waals surface area contributed by atoms with Crippen LogP contribution < -0.4 is 21.3 Å². The Labute approximate surface area is 382 Å². The molecule has 0 aliphatic carbocycles. The number of nitrogens with two attached hydrogens (primary N) is 1. The van der Waals surface area contributed by atoms with Crippen molar-refractivity contribution in [3.63, 3.8) is 0 Å². The Hall–Kier alpha value is -6.87. The zero-order valence-electron chi connectivity index (χ0n) is 37.1. The number of H-pyrrole nitrogens is 1. The number of halogens is 4. The number of carbonyl (C=O) groups is 5. The number of hydrogen-bond donors (Lipinski definition) is 4. The molecule has 1 unspecified atom stereocenters. The molecule has 67 heavy (non-hydrogen) atoms. The van der Waals surface area contributed by atoms with Gasteiger partial charge in [-0.05, 0) is 81.5 Å². The van der Waals surface area contributed by atoms with Crippen molar-refractivity contribution in [1.82, 2.24) is 45.5 Å². The number of aromatic amines is 1. The molecule has 3 saturated heterocycles. The lowest BCUT2D eigenvalue weighted by Crippen LogP contribution is -2.54. The molecule has 2 aromatic carbocycles. The Morgan fingerprint density at radius 3 is 2.28 bits per heavy atom. The molecule has 2 aromatic heterocycles. The zero-order valence-corrected chi connectivity index (χ0v) is 37.1. The summed E-state index contributed by atoms with van der Waals surface area (Å²) >= 11 is 0. The molecule has 1 atom stereocenters. The fraction of sp³-hybridized carbons (Fsp3) is 0.413. The molecule has 0 spiro atoms. The van der Waals surface area contributed by atoms with Gasteiger partial charge in [-0.25, -0.2) is 9.37 Å². The van der Waals surface area contributed by atoms with E-state index >= 15 is 4.39 Å². The summed E-state index contributed by atoms with van der Waals surface area (Å²) in [5, 5.41) is 10.8. The van der Waals surface area contributed by atoms with Crippen LogP contribution in [0.5, 0.6) is 0 Å². The Morgan fingerprint density at radius 1 is 0.940 bits per heavy atom. The summed E-state index contributed by atoms with van der Waals surface area (Å²) < 4.78 is 55.6. The van der Waals surface area contributed by atoms with Crippen molar-refractivity contribution in [3.05, 3.63) is 100 Å². The fourth-order valence-corrected chi connectivity index (χ4v) is 8.75. The van der Waals surface area contributed by atoms with Gasteiger partial charge in [0.05, 0.1) is 40.3 Å². The molecule has 352 valence electrons. The first-order valence-corrected chi connectivity index (χ1v) is 22.0. The van der Waals surface area contributed by atoms with Crippen molar-refractivity contribution in [2.75, 3.05) is 44.2 Å². The number of piperazine rings is 1. The number of pyridine rings is 1. The zero-order chi connectivity index (χ0) is 47.8. The summed E-state index contributed by atoms with van der Waals surface area (Å²) in [7, 11) is 0. The van der Waals surface area contributed by atoms with E-state index in [-0.39, 0.29) is 47.6 Å². The molecule has 0 radical (unpaired) electrons. The van der Waals surface area contributed by atoms with Crippen molar-refractivity contribution in [2.45, 2.75) is 83.2 Å². The number of aliphatic imine (C=N–C) groups is 1. The van der Waals surface area contributed by atoms with Crippen LogP contribution in [0, 0.1) is 12.7 Å². The Bertz CT molecular complexity index is 2650. The van der Waals surface area contributed by atoms with Crippen LogP contribution in [0.15, 0.2) is 65.4 Å². The third-order valence-electron chi connectivity index (χ3n) is 13.0. The molecule has 5 N–H and O–H groups in total. The van der Waals surface area contributed by atoms with Gasteiger partial charge in [0.15, 0.2) is 5.82 Å². The van der Waals surface area contributed by atoms with Crippen molar-refractivity contribution < 1.29 is 41.5 Å². The predicted octanol–water partition coefficient (Wildman–Crippen LogP) is 4.20. The molecule has 6 heterocycles. The molecule has 4 aliphatic rings. The molecule has 21 heteroatoms. The van der Waals surface area contributed by atoms with E-state index in [4.69, 9.17) is 10.7 Å². The Kier molecular flexibility index (Phi) is 13.1. The molecule has 0 saturated carbocycles. The van der Waals surface area contributed by atoms with Gasteiger partial charge in [-0.15, -0.1) is 0 Å². The van der Waals surface area contributed by atoms with E-state index < -0.39 is 58.8 Å². The number of alkyl halides is 3. The number of anilines is 1. The van der Waals surface area contributed by atoms with Gasteiger partial charge in [-0.2, -0.15) is 18.3 Å². The van der Waals surface area contributed by atoms with Gasteiger partial charge < -0.3 is 16.0 Å². The van der Waals surface area contributed by atoms with Gasteiger partial charge >= 0.3 is 6.18 Å². The fourth-order valence-electron chi connectivity index (χ4n) is 8.75. The third-order valence-corrected chi connectivity index (χ3v) is 13.0. The van der Waals surface area contributed by atoms with Gasteiger partial charge in [0.25, 0.3) is 17.7 Å². The van der Waals surface area contributed by atoms with Gasteiger partial charge in [-0.1, -0.05) is 12.1 Å². The van der Waals surface area contributed by atoms with Crippen LogP contribution in [0.2, 0.25) is 0 Å². The lowest BCUT2D eigenvalue weighted by molar-refractivity contribution is -0.182. The molecule has 3 fully saturated rings. The van der Waals surface area contributed by atoms with Crippen molar-refractivity contribution in [1.29, 1.82) is 0 Å². The van der Waals surface area contributed by atoms with Crippen LogP contribution in [0.1, 0.15) is 83.2 Å². The van der Waals surface area contributed by atoms with E-state index in [9.17, 15) is 37.1 Å². The number of imide groups is 2. The normalized spacial score (nSPS) is 19.4. The van der Waals surface area contributed by atoms with E-state index in [0.717, 1.165) is 79.3 Å². The van der Waals surface area contributed by atoms with Crippen LogP contribution in [0.3, 0.4) is 0 Å². The minimum atomic E-state index is -4.56. The second-order valence-electron chi connectivity index (χ2n) is 17.7. The van der Waals surface area contributed by atoms with Crippen molar-refractivity contribution in [3.8, 4) is 11.1 Å². The van der Waals surface area contributed by atoms with Gasteiger partial charge in [0.2, 0.25) is 11.8 Å². The molecular weight excluding hydrogens is 877 g/mol. The average Bonchev–Trinajstić information content (AvgIpc) is 3.88. The third kappa shape index (κ3) is 9.69. The second-order valence-corrected chi connectivity index (χ2v) is 17.7. The maximum absolute atomic E-state index is 15.5. The summed E-state index contributed by atoms with van der Waals surface area (Å²) in [6.07, 6.45) is 1.64. The number of rotatable bonds is 12. The minimum Gasteiger partial charge on any atom is -0.404 e. The highest BCUT2D eigenvalue weighted by Gasteiger charge is 2.51. The predicted molar refractivity (Wildman–Crippen MR) is 237 cm³/mol. The number of likely N-dealkylation sites (tertiary alicyclic amines) is 1. The van der Waals surface area contributed by atoms with Crippen LogP contribution in [0.4, 0.5) is 28.9 Å². The number of amides is 5. The largest absolute Gasteiger partial charge is 0.404 e. The summed E-state index contributed by atoms with van der Waals surface area (Å²) in [6, 6.07) is 11.5. The summed E-state index contributed by atoms with van der Waals surface area (Å²) in [6.45, 7) is 8.62. The molecule has 5 amide bonds. The van der Waals surface area contributed by atoms with Crippen LogP contribution >= 0.6 is 0 Å². The Balaban J connectivity index is 0.787. The van der Waals surface area contributed by atoms with Gasteiger partial charge in [-0.3, -0.25) is 59.1 Å². The molecule has 17 nitrogen and oxygen atoms in total. The SMILES string of the molecule is Cc1cc(-c2ccc(CN3CCC(N4CCN(c5cc6c(cc5F)C(=O)N(C5CCC(=O)NC5=O)C6=O)CC4)CC3)nc2)ccc1N=C/C(=C\N)C(=O)NCc1nc(C(C)(C)C(F)(F)F)n[nH]1. The highest BCUT2D eigenvalue weighted by atomic mass is 19.4. The lowest BCUT2D eigenvalue weighted by Gasteiger charge is -2.43. The first kappa shape index (κ1) is 46.7. The first-order chi connectivity index (χ1) is 31.9. The van der Waals surface area contributed by atoms with Crippen LogP contribution in [-0.4, -0.2) is 128 Å². The Morgan fingerprint density at radius 2 is 1.64 bits per heavy atom. The number of fused-ring (bicyclic) bond motifs is 1. The summed E-state index contributed by atoms with van der Waals surface area (Å²) in [4.78, 5) is 84.0. The standard InChI is InChI=1S/C46H50F4N12O5/c1-26-18-27(5-7-35(26)53-23-29(21-51)40(64)54-24-38-55-44(58-57-38)45(2,3)46(48,49)50)28-4-6-30(52-22-28)25-59-12-10-31(11-13-59)60-14-16-61(17-15-60)37-20-33-32(19-34(37)47)42(66)62(43(33)67)36-8-9-39(63)56-41(36)65/h4-7,18-23,31,36H,8-17,24-25,51H2,1-3H3,(H,54,64)(H,55,57,58)(H,56,63,65)/b29-21+,53-23?. The molecule has 4 aromatic rings. The van der Waals surface area contributed by atoms with Crippen LogP contribution in [-0.2, 0) is 32.9 Å². The van der Waals surface area contributed by atoms with E-state index in [1.807, 2.05) is 48.4 Å². The monoisotopic (exact) mass is 926 g/mol. The highest BCUT2D eigenvalue weighted by molar-refractivity contribution is 6.23. The quantitative estimate of drug-likeness (QED) is 0.0681. The van der Waals surface area contributed by atoms with E-state index in [1.54, 1.807) is 0 Å². The average molecular weight is 927 g/mol. The molecular formula is C46H50F4N12O5. The van der Waals surface area contributed by atoms with Gasteiger partial charge in [0.1, 0.15) is 23.1 Å². The number of nitrogens with one attached hydrogen (secondary N) is 3. The van der Waals surface area contributed by atoms with E-state index in [2.05, 4.69) is 40.6 Å². The first-order valence-electron chi connectivity index (χ1n) is 22.0. The summed E-state index contributed by atoms with van der Waals surface area (Å²) in [5.41, 5.74) is 7.93. The van der Waals surface area contributed by atoms with Crippen LogP contribution in [0.25, 0.3) is 11.1 Å². The maximum Gasteiger partial charge on any atom is 0.401 e. The highest BCUT2D eigenvalue weighted by Crippen LogP contribution is 2.39. The van der Waals surface area contributed by atoms with E-state index in [1.165, 1.54) is 12.3 Å². The molecule has 8 rings (SSSR count). The number of hydrogen-bond acceptors (Lipinski definition) is 13. The summed E-state index contributed by atoms with van der Waals surface area (Å²) in [5.74, 6) is -4.17. The second kappa shape index (κ2) is 18.8. The molecule has 0 bridgehead atoms. The van der Waals surface area contributed by atoms with Gasteiger partial charge in [0, 0.05) is 82.5 Å². The number of aryl methyl sites for hydroxylation is 1. The topological polar surface area (TPSA) is 215 Å². The number of carbonyl (C=O) groups excluding carboxylic acids is 5. The van der Waals surface area contributed by atoms with Crippen molar-refractivity contribution >= 4 is 47.1 Å². The number of benzene rings is 2. The van der Waals surface area contributed by atoms with Crippen molar-refractivity contribution in [2.24, 2.45) is 10.7 Å². The number of piperidine rings is 2. The minimum absolute atomic E-state index is 0.00252. The van der Waals surface area contributed by atoms with E-state index in [0.29, 0.717) is 44.5 Å². The maximum atomic E-state index is 15.5. The number of nitrogens with zero attached hydrogens (tertiary/aromatic N) is 8. The smallest absolute Gasteiger partial charge is 0.401 e. The molecule has 4 aliphatic heterocycles. The lowest BCUT2D eigenvalue weighted by atomic mass is 9.92. The number of aromatic nitrogens is 4.